The first-order chi connectivity index (χ1) is 23.1. The molecule has 3 heterocycles. The SMILES string of the molecule is CC(=O)c1cn(CC(=O)N2CC(F)CC2C(=O)NCc2cccc(Cl)c2F)c2ccc(OC(=O)N3CCN(C(=O)OC(C)(C)C)CC3)cc12. The summed E-state index contributed by atoms with van der Waals surface area (Å²) in [5, 5.41) is 2.90. The summed E-state index contributed by atoms with van der Waals surface area (Å²) >= 11 is 5.82. The monoisotopic (exact) mass is 701 g/mol. The van der Waals surface area contributed by atoms with Crippen molar-refractivity contribution in [2.24, 2.45) is 0 Å². The van der Waals surface area contributed by atoms with Crippen molar-refractivity contribution in [3.63, 3.8) is 0 Å². The van der Waals surface area contributed by atoms with E-state index in [1.807, 2.05) is 0 Å². The maximum absolute atomic E-state index is 14.6. The average molecular weight is 702 g/mol. The number of Topliss-reactive ketones (excluding diaryl/α,β-unsaturated/α-hetero) is 1. The van der Waals surface area contributed by atoms with Crippen LogP contribution in [-0.2, 0) is 27.4 Å². The lowest BCUT2D eigenvalue weighted by Gasteiger charge is -2.35. The van der Waals surface area contributed by atoms with Crippen molar-refractivity contribution in [2.45, 2.75) is 65.0 Å². The van der Waals surface area contributed by atoms with E-state index in [-0.39, 0.29) is 79.9 Å². The van der Waals surface area contributed by atoms with Crippen LogP contribution in [0.4, 0.5) is 18.4 Å². The first-order valence-corrected chi connectivity index (χ1v) is 16.2. The molecule has 49 heavy (non-hydrogen) atoms. The lowest BCUT2D eigenvalue weighted by Crippen LogP contribution is -2.52. The van der Waals surface area contributed by atoms with Gasteiger partial charge in [0.1, 0.15) is 35.9 Å². The molecule has 0 aliphatic carbocycles. The maximum atomic E-state index is 14.6. The summed E-state index contributed by atoms with van der Waals surface area (Å²) in [6.45, 7) is 6.93. The first-order valence-electron chi connectivity index (χ1n) is 15.8. The lowest BCUT2D eigenvalue weighted by atomic mass is 10.1. The Morgan fingerprint density at radius 1 is 1.00 bits per heavy atom. The molecule has 3 aromatic rings. The number of fused-ring (bicyclic) bond motifs is 1. The average Bonchev–Trinajstić information content (AvgIpc) is 3.61. The van der Waals surface area contributed by atoms with Crippen LogP contribution in [0.25, 0.3) is 10.9 Å². The van der Waals surface area contributed by atoms with Crippen LogP contribution < -0.4 is 10.1 Å². The molecule has 2 aromatic carbocycles. The Labute approximate surface area is 286 Å². The van der Waals surface area contributed by atoms with E-state index in [0.29, 0.717) is 10.9 Å². The number of rotatable bonds is 7. The number of hydrogen-bond donors (Lipinski definition) is 1. The van der Waals surface area contributed by atoms with Crippen molar-refractivity contribution in [3.05, 3.63) is 64.6 Å². The van der Waals surface area contributed by atoms with Gasteiger partial charge >= 0.3 is 12.2 Å². The largest absolute Gasteiger partial charge is 0.444 e. The van der Waals surface area contributed by atoms with Crippen molar-refractivity contribution in [3.8, 4) is 5.75 Å². The van der Waals surface area contributed by atoms with Crippen molar-refractivity contribution in [2.75, 3.05) is 32.7 Å². The van der Waals surface area contributed by atoms with Crippen LogP contribution >= 0.6 is 11.6 Å². The molecule has 4 amide bonds. The van der Waals surface area contributed by atoms with Crippen LogP contribution in [0.1, 0.15) is 50.0 Å². The number of amides is 4. The Bertz CT molecular complexity index is 1780. The second-order valence-corrected chi connectivity index (χ2v) is 13.5. The van der Waals surface area contributed by atoms with E-state index in [0.717, 1.165) is 4.90 Å². The maximum Gasteiger partial charge on any atom is 0.415 e. The minimum Gasteiger partial charge on any atom is -0.444 e. The number of halogens is 3. The molecule has 0 saturated carbocycles. The summed E-state index contributed by atoms with van der Waals surface area (Å²) in [4.78, 5) is 68.5. The van der Waals surface area contributed by atoms with E-state index in [1.54, 1.807) is 26.8 Å². The van der Waals surface area contributed by atoms with Crippen molar-refractivity contribution in [1.29, 1.82) is 0 Å². The number of carbonyl (C=O) groups is 5. The Morgan fingerprint density at radius 2 is 1.67 bits per heavy atom. The molecule has 5 rings (SSSR count). The third kappa shape index (κ3) is 8.30. The number of hydrogen-bond acceptors (Lipinski definition) is 7. The number of likely N-dealkylation sites (tertiary alicyclic amines) is 1. The molecule has 1 aromatic heterocycles. The molecular weight excluding hydrogens is 664 g/mol. The van der Waals surface area contributed by atoms with Gasteiger partial charge in [-0.1, -0.05) is 23.7 Å². The zero-order chi connectivity index (χ0) is 35.6. The fourth-order valence-electron chi connectivity index (χ4n) is 5.85. The van der Waals surface area contributed by atoms with E-state index >= 15 is 0 Å². The molecule has 2 fully saturated rings. The van der Waals surface area contributed by atoms with Gasteiger partial charge in [0.15, 0.2) is 5.78 Å². The van der Waals surface area contributed by atoms with E-state index in [2.05, 4.69) is 5.32 Å². The second-order valence-electron chi connectivity index (χ2n) is 13.1. The Kier molecular flexibility index (Phi) is 10.5. The molecule has 2 aliphatic heterocycles. The van der Waals surface area contributed by atoms with Crippen LogP contribution in [0.5, 0.6) is 5.75 Å². The van der Waals surface area contributed by atoms with Crippen molar-refractivity contribution in [1.82, 2.24) is 24.6 Å². The van der Waals surface area contributed by atoms with Gasteiger partial charge in [-0.05, 0) is 52.0 Å². The number of ether oxygens (including phenoxy) is 2. The highest BCUT2D eigenvalue weighted by Crippen LogP contribution is 2.29. The smallest absolute Gasteiger partial charge is 0.415 e. The van der Waals surface area contributed by atoms with Crippen molar-refractivity contribution >= 4 is 52.3 Å². The number of nitrogens with zero attached hydrogens (tertiary/aromatic N) is 4. The van der Waals surface area contributed by atoms with Gasteiger partial charge in [0.2, 0.25) is 11.8 Å². The van der Waals surface area contributed by atoms with Crippen LogP contribution in [0, 0.1) is 5.82 Å². The molecule has 12 nitrogen and oxygen atoms in total. The third-order valence-corrected chi connectivity index (χ3v) is 8.58. The number of ketones is 1. The summed E-state index contributed by atoms with van der Waals surface area (Å²) < 4.78 is 41.4. The molecule has 1 N–H and O–H groups in total. The number of aromatic nitrogens is 1. The molecule has 0 spiro atoms. The van der Waals surface area contributed by atoms with Crippen LogP contribution in [0.2, 0.25) is 5.02 Å². The summed E-state index contributed by atoms with van der Waals surface area (Å²) in [6, 6.07) is 7.92. The van der Waals surface area contributed by atoms with Crippen LogP contribution in [-0.4, -0.2) is 99.6 Å². The molecule has 0 bridgehead atoms. The van der Waals surface area contributed by atoms with E-state index in [4.69, 9.17) is 21.1 Å². The van der Waals surface area contributed by atoms with Gasteiger partial charge in [-0.3, -0.25) is 14.4 Å². The topological polar surface area (TPSA) is 130 Å². The predicted octanol–water partition coefficient (Wildman–Crippen LogP) is 4.94. The highest BCUT2D eigenvalue weighted by Gasteiger charge is 2.40. The fraction of sp³-hybridized carbons (Fsp3) is 0.441. The predicted molar refractivity (Wildman–Crippen MR) is 176 cm³/mol. The standard InChI is InChI=1S/C34H38ClF2N5O7/c1-20(43)25-18-41(19-29(44)42-17-22(36)14-28(42)31(45)38-16-21-6-5-7-26(35)30(21)37)27-9-8-23(15-24(25)27)48-32(46)39-10-12-40(13-11-39)33(47)49-34(2,3)4/h5-9,15,18,22,28H,10-14,16-17,19H2,1-4H3,(H,38,45). The van der Waals surface area contributed by atoms with E-state index in [1.165, 1.54) is 57.8 Å². The van der Waals surface area contributed by atoms with Gasteiger partial charge in [0.25, 0.3) is 0 Å². The van der Waals surface area contributed by atoms with Gasteiger partial charge in [0.05, 0.1) is 11.6 Å². The lowest BCUT2D eigenvalue weighted by molar-refractivity contribution is -0.139. The van der Waals surface area contributed by atoms with Crippen LogP contribution in [0.3, 0.4) is 0 Å². The summed E-state index contributed by atoms with van der Waals surface area (Å²) in [7, 11) is 0. The van der Waals surface area contributed by atoms with Crippen LogP contribution in [0.15, 0.2) is 42.6 Å². The normalized spacial score (nSPS) is 18.1. The molecule has 2 unspecified atom stereocenters. The Balaban J connectivity index is 1.25. The molecule has 15 heteroatoms. The van der Waals surface area contributed by atoms with Gasteiger partial charge in [-0.25, -0.2) is 18.4 Å². The molecular formula is C34H38ClF2N5O7. The summed E-state index contributed by atoms with van der Waals surface area (Å²) in [6.07, 6.45) is -1.24. The Morgan fingerprint density at radius 3 is 2.33 bits per heavy atom. The number of carbonyl (C=O) groups excluding carboxylic acids is 5. The number of benzene rings is 2. The second kappa shape index (κ2) is 14.4. The van der Waals surface area contributed by atoms with E-state index < -0.39 is 47.6 Å². The van der Waals surface area contributed by atoms with Gasteiger partial charge in [-0.15, -0.1) is 0 Å². The highest BCUT2D eigenvalue weighted by molar-refractivity contribution is 6.30. The Hall–Kier alpha value is -4.72. The number of nitrogens with one attached hydrogen (secondary N) is 1. The van der Waals surface area contributed by atoms with Gasteiger partial charge in [-0.2, -0.15) is 0 Å². The zero-order valence-electron chi connectivity index (χ0n) is 27.6. The number of alkyl halides is 1. The van der Waals surface area contributed by atoms with E-state index in [9.17, 15) is 32.8 Å². The third-order valence-electron chi connectivity index (χ3n) is 8.29. The minimum atomic E-state index is -1.44. The molecule has 2 aliphatic rings. The van der Waals surface area contributed by atoms with Gasteiger partial charge in [0, 0.05) is 67.4 Å². The number of piperazine rings is 1. The molecule has 2 saturated heterocycles. The zero-order valence-corrected chi connectivity index (χ0v) is 28.4. The first kappa shape index (κ1) is 35.6. The molecule has 0 radical (unpaired) electrons. The highest BCUT2D eigenvalue weighted by atomic mass is 35.5. The minimum absolute atomic E-state index is 0.0994. The van der Waals surface area contributed by atoms with Crippen molar-refractivity contribution < 1.29 is 42.2 Å². The molecule has 262 valence electrons. The molecule has 2 atom stereocenters. The summed E-state index contributed by atoms with van der Waals surface area (Å²) in [5.74, 6) is -1.99. The van der Waals surface area contributed by atoms with Gasteiger partial charge < -0.3 is 34.1 Å². The summed E-state index contributed by atoms with van der Waals surface area (Å²) in [5.41, 5.74) is 0.268. The fourth-order valence-corrected chi connectivity index (χ4v) is 6.04. The quantitative estimate of drug-likeness (QED) is 0.346.